The van der Waals surface area contributed by atoms with E-state index in [9.17, 15) is 4.39 Å². The lowest BCUT2D eigenvalue weighted by atomic mass is 10.0. The second kappa shape index (κ2) is 5.80. The van der Waals surface area contributed by atoms with Crippen molar-refractivity contribution in [3.8, 4) is 0 Å². The van der Waals surface area contributed by atoms with Crippen molar-refractivity contribution >= 4 is 21.6 Å². The van der Waals surface area contributed by atoms with Gasteiger partial charge >= 0.3 is 0 Å². The summed E-state index contributed by atoms with van der Waals surface area (Å²) >= 11 is 3.56. The van der Waals surface area contributed by atoms with Crippen molar-refractivity contribution in [3.05, 3.63) is 28.5 Å². The summed E-state index contributed by atoms with van der Waals surface area (Å²) in [6.07, 6.45) is 5.11. The zero-order chi connectivity index (χ0) is 13.2. The first-order valence-corrected chi connectivity index (χ1v) is 7.97. The fraction of sp³-hybridized carbons (Fsp3) is 0.600. The van der Waals surface area contributed by atoms with Crippen molar-refractivity contribution in [2.45, 2.75) is 31.7 Å². The van der Waals surface area contributed by atoms with E-state index in [0.29, 0.717) is 6.04 Å². The standard InChI is InChI=1S/C15H20BrFN2/c16-14-6-5-12(17)10-15(14)19-9-3-8-18-7-2-1-4-13(18)11-19/h5-6,10,13H,1-4,7-9,11H2. The number of nitrogens with zero attached hydrogens (tertiary/aromatic N) is 2. The summed E-state index contributed by atoms with van der Waals surface area (Å²) < 4.78 is 14.5. The third-order valence-corrected chi connectivity index (χ3v) is 4.97. The van der Waals surface area contributed by atoms with E-state index in [-0.39, 0.29) is 5.82 Å². The third kappa shape index (κ3) is 2.95. The Labute approximate surface area is 122 Å². The summed E-state index contributed by atoms with van der Waals surface area (Å²) in [6.45, 7) is 4.48. The molecule has 1 aromatic carbocycles. The Morgan fingerprint density at radius 1 is 1.11 bits per heavy atom. The summed E-state index contributed by atoms with van der Waals surface area (Å²) in [5.41, 5.74) is 1.01. The second-order valence-corrected chi connectivity index (χ2v) is 6.44. The molecule has 2 heterocycles. The van der Waals surface area contributed by atoms with E-state index in [0.717, 1.165) is 23.2 Å². The van der Waals surface area contributed by atoms with E-state index in [2.05, 4.69) is 25.7 Å². The number of fused-ring (bicyclic) bond motifs is 1. The van der Waals surface area contributed by atoms with Crippen LogP contribution in [0.15, 0.2) is 22.7 Å². The molecular weight excluding hydrogens is 307 g/mol. The van der Waals surface area contributed by atoms with Crippen molar-refractivity contribution in [1.82, 2.24) is 4.90 Å². The molecule has 1 aromatic rings. The average molecular weight is 327 g/mol. The maximum Gasteiger partial charge on any atom is 0.125 e. The van der Waals surface area contributed by atoms with E-state index in [1.807, 2.05) is 6.07 Å². The lowest BCUT2D eigenvalue weighted by molar-refractivity contribution is 0.162. The second-order valence-electron chi connectivity index (χ2n) is 5.58. The van der Waals surface area contributed by atoms with Crippen LogP contribution in [0.4, 0.5) is 10.1 Å². The fourth-order valence-electron chi connectivity index (χ4n) is 3.32. The Morgan fingerprint density at radius 3 is 2.84 bits per heavy atom. The summed E-state index contributed by atoms with van der Waals surface area (Å²) in [4.78, 5) is 4.97. The minimum absolute atomic E-state index is 0.150. The molecule has 0 aromatic heterocycles. The minimum atomic E-state index is -0.150. The number of hydrogen-bond acceptors (Lipinski definition) is 2. The normalized spacial score (nSPS) is 24.9. The van der Waals surface area contributed by atoms with Gasteiger partial charge in [0.25, 0.3) is 0 Å². The van der Waals surface area contributed by atoms with Gasteiger partial charge in [0.05, 0.1) is 5.69 Å². The summed E-state index contributed by atoms with van der Waals surface area (Å²) in [5.74, 6) is -0.150. The highest BCUT2D eigenvalue weighted by Gasteiger charge is 2.27. The predicted molar refractivity (Wildman–Crippen MR) is 80.1 cm³/mol. The zero-order valence-electron chi connectivity index (χ0n) is 11.1. The number of hydrogen-bond donors (Lipinski definition) is 0. The fourth-order valence-corrected chi connectivity index (χ4v) is 3.82. The minimum Gasteiger partial charge on any atom is -0.369 e. The van der Waals surface area contributed by atoms with E-state index in [4.69, 9.17) is 0 Å². The summed E-state index contributed by atoms with van der Waals surface area (Å²) in [6, 6.07) is 5.63. The van der Waals surface area contributed by atoms with E-state index in [1.165, 1.54) is 44.8 Å². The van der Waals surface area contributed by atoms with Gasteiger partial charge < -0.3 is 4.90 Å². The summed E-state index contributed by atoms with van der Waals surface area (Å²) in [5, 5.41) is 0. The van der Waals surface area contributed by atoms with E-state index in [1.54, 1.807) is 6.07 Å². The first-order chi connectivity index (χ1) is 9.24. The van der Waals surface area contributed by atoms with Gasteiger partial charge in [-0.05, 0) is 59.9 Å². The van der Waals surface area contributed by atoms with Crippen LogP contribution >= 0.6 is 15.9 Å². The van der Waals surface area contributed by atoms with Gasteiger partial charge in [0.2, 0.25) is 0 Å². The molecule has 0 N–H and O–H groups in total. The van der Waals surface area contributed by atoms with Gasteiger partial charge in [-0.15, -0.1) is 0 Å². The van der Waals surface area contributed by atoms with Gasteiger partial charge in [-0.1, -0.05) is 6.42 Å². The van der Waals surface area contributed by atoms with Crippen LogP contribution in [0, 0.1) is 5.82 Å². The van der Waals surface area contributed by atoms with Crippen LogP contribution in [-0.2, 0) is 0 Å². The molecule has 0 amide bonds. The van der Waals surface area contributed by atoms with Crippen LogP contribution < -0.4 is 4.90 Å². The molecule has 3 rings (SSSR count). The molecule has 0 spiro atoms. The monoisotopic (exact) mass is 326 g/mol. The third-order valence-electron chi connectivity index (χ3n) is 4.30. The molecule has 1 unspecified atom stereocenters. The number of rotatable bonds is 1. The van der Waals surface area contributed by atoms with Gasteiger partial charge in [0.1, 0.15) is 5.82 Å². The molecule has 19 heavy (non-hydrogen) atoms. The smallest absolute Gasteiger partial charge is 0.125 e. The Morgan fingerprint density at radius 2 is 1.95 bits per heavy atom. The van der Waals surface area contributed by atoms with Gasteiger partial charge in [-0.25, -0.2) is 4.39 Å². The molecule has 0 radical (unpaired) electrons. The van der Waals surface area contributed by atoms with Crippen LogP contribution in [0.3, 0.4) is 0 Å². The molecule has 1 atom stereocenters. The molecule has 2 nitrogen and oxygen atoms in total. The van der Waals surface area contributed by atoms with Crippen LogP contribution in [0.2, 0.25) is 0 Å². The molecule has 2 saturated heterocycles. The van der Waals surface area contributed by atoms with Gasteiger partial charge in [-0.3, -0.25) is 4.90 Å². The number of piperidine rings is 1. The maximum atomic E-state index is 13.5. The maximum absolute atomic E-state index is 13.5. The zero-order valence-corrected chi connectivity index (χ0v) is 12.7. The van der Waals surface area contributed by atoms with Gasteiger partial charge in [0.15, 0.2) is 0 Å². The first-order valence-electron chi connectivity index (χ1n) is 7.18. The van der Waals surface area contributed by atoms with Crippen LogP contribution in [-0.4, -0.2) is 37.1 Å². The first kappa shape index (κ1) is 13.4. The summed E-state index contributed by atoms with van der Waals surface area (Å²) in [7, 11) is 0. The largest absolute Gasteiger partial charge is 0.369 e. The predicted octanol–water partition coefficient (Wildman–Crippen LogP) is 3.65. The SMILES string of the molecule is Fc1ccc(Br)c(N2CCCN3CCCCC3C2)c1. The molecule has 2 aliphatic rings. The Bertz CT molecular complexity index is 452. The van der Waals surface area contributed by atoms with Crippen LogP contribution in [0.25, 0.3) is 0 Å². The van der Waals surface area contributed by atoms with Gasteiger partial charge in [0, 0.05) is 30.1 Å². The molecular formula is C15H20BrFN2. The average Bonchev–Trinajstić information content (AvgIpc) is 2.63. The lowest BCUT2D eigenvalue weighted by Gasteiger charge is -2.36. The molecule has 0 bridgehead atoms. The number of anilines is 1. The highest BCUT2D eigenvalue weighted by molar-refractivity contribution is 9.10. The quantitative estimate of drug-likeness (QED) is 0.777. The molecule has 4 heteroatoms. The lowest BCUT2D eigenvalue weighted by Crippen LogP contribution is -2.44. The molecule has 2 aliphatic heterocycles. The number of halogens is 2. The van der Waals surface area contributed by atoms with Crippen LogP contribution in [0.5, 0.6) is 0 Å². The van der Waals surface area contributed by atoms with E-state index >= 15 is 0 Å². The van der Waals surface area contributed by atoms with Crippen molar-refractivity contribution in [1.29, 1.82) is 0 Å². The van der Waals surface area contributed by atoms with Gasteiger partial charge in [-0.2, -0.15) is 0 Å². The topological polar surface area (TPSA) is 6.48 Å². The van der Waals surface area contributed by atoms with Crippen LogP contribution in [0.1, 0.15) is 25.7 Å². The van der Waals surface area contributed by atoms with Crippen molar-refractivity contribution in [2.24, 2.45) is 0 Å². The Hall–Kier alpha value is -0.610. The Kier molecular flexibility index (Phi) is 4.08. The molecule has 104 valence electrons. The Balaban J connectivity index is 1.82. The van der Waals surface area contributed by atoms with E-state index < -0.39 is 0 Å². The highest BCUT2D eigenvalue weighted by Crippen LogP contribution is 2.30. The molecule has 0 aliphatic carbocycles. The number of benzene rings is 1. The molecule has 2 fully saturated rings. The molecule has 0 saturated carbocycles. The highest BCUT2D eigenvalue weighted by atomic mass is 79.9. The van der Waals surface area contributed by atoms with Crippen molar-refractivity contribution in [2.75, 3.05) is 31.1 Å². The van der Waals surface area contributed by atoms with Crippen molar-refractivity contribution in [3.63, 3.8) is 0 Å². The van der Waals surface area contributed by atoms with Crippen molar-refractivity contribution < 1.29 is 4.39 Å².